The lowest BCUT2D eigenvalue weighted by Gasteiger charge is -2.36. The number of methoxy groups -OCH3 is 1. The molecule has 0 radical (unpaired) electrons. The largest absolute Gasteiger partial charge is 0.497 e. The predicted octanol–water partition coefficient (Wildman–Crippen LogP) is 4.69. The molecule has 1 aliphatic rings. The molecule has 3 aromatic carbocycles. The van der Waals surface area contributed by atoms with Crippen LogP contribution in [0, 0.1) is 6.92 Å². The van der Waals surface area contributed by atoms with Crippen molar-refractivity contribution in [1.82, 2.24) is 19.7 Å². The number of piperazine rings is 1. The van der Waals surface area contributed by atoms with Crippen molar-refractivity contribution in [2.45, 2.75) is 12.1 Å². The van der Waals surface area contributed by atoms with E-state index in [9.17, 15) is 4.79 Å². The number of benzene rings is 3. The SMILES string of the molecule is COc1ccc(-c2nnc(SCC(=O)N3CCN(c4cccc(C)c4)CC3)n2-c2ccccc2)cc1. The second-order valence-corrected chi connectivity index (χ2v) is 9.64. The number of nitrogens with zero attached hydrogens (tertiary/aromatic N) is 5. The highest BCUT2D eigenvalue weighted by molar-refractivity contribution is 7.99. The zero-order chi connectivity index (χ0) is 24.9. The van der Waals surface area contributed by atoms with Crippen molar-refractivity contribution in [3.8, 4) is 22.8 Å². The highest BCUT2D eigenvalue weighted by atomic mass is 32.2. The molecule has 1 fully saturated rings. The second kappa shape index (κ2) is 10.9. The molecule has 4 aromatic rings. The number of para-hydroxylation sites is 1. The maximum Gasteiger partial charge on any atom is 0.233 e. The van der Waals surface area contributed by atoms with Crippen LogP contribution >= 0.6 is 11.8 Å². The Bertz CT molecular complexity index is 1320. The molecular formula is C28H29N5O2S. The summed E-state index contributed by atoms with van der Waals surface area (Å²) in [5.41, 5.74) is 4.35. The van der Waals surface area contributed by atoms with Gasteiger partial charge in [0.2, 0.25) is 5.91 Å². The molecule has 8 heteroatoms. The fourth-order valence-corrected chi connectivity index (χ4v) is 5.21. The minimum atomic E-state index is 0.123. The van der Waals surface area contributed by atoms with E-state index in [4.69, 9.17) is 4.74 Å². The van der Waals surface area contributed by atoms with Crippen LogP contribution in [0.4, 0.5) is 5.69 Å². The van der Waals surface area contributed by atoms with Gasteiger partial charge < -0.3 is 14.5 Å². The lowest BCUT2D eigenvalue weighted by molar-refractivity contribution is -0.128. The number of hydrogen-bond donors (Lipinski definition) is 0. The highest BCUT2D eigenvalue weighted by Gasteiger charge is 2.23. The van der Waals surface area contributed by atoms with Gasteiger partial charge in [0, 0.05) is 43.1 Å². The number of aromatic nitrogens is 3. The van der Waals surface area contributed by atoms with Crippen molar-refractivity contribution in [2.24, 2.45) is 0 Å². The van der Waals surface area contributed by atoms with Crippen molar-refractivity contribution in [2.75, 3.05) is 43.9 Å². The van der Waals surface area contributed by atoms with Gasteiger partial charge >= 0.3 is 0 Å². The molecule has 0 spiro atoms. The number of amides is 1. The maximum absolute atomic E-state index is 13.1. The Morgan fingerprint density at radius 2 is 1.61 bits per heavy atom. The predicted molar refractivity (Wildman–Crippen MR) is 144 cm³/mol. The molecule has 36 heavy (non-hydrogen) atoms. The minimum Gasteiger partial charge on any atom is -0.497 e. The van der Waals surface area contributed by atoms with Crippen LogP contribution in [0.3, 0.4) is 0 Å². The van der Waals surface area contributed by atoms with Crippen LogP contribution in [-0.2, 0) is 4.79 Å². The molecule has 7 nitrogen and oxygen atoms in total. The number of thioether (sulfide) groups is 1. The van der Waals surface area contributed by atoms with E-state index in [1.165, 1.54) is 23.0 Å². The second-order valence-electron chi connectivity index (χ2n) is 8.70. The Morgan fingerprint density at radius 3 is 2.31 bits per heavy atom. The van der Waals surface area contributed by atoms with E-state index in [1.54, 1.807) is 7.11 Å². The van der Waals surface area contributed by atoms with Crippen molar-refractivity contribution < 1.29 is 9.53 Å². The van der Waals surface area contributed by atoms with Gasteiger partial charge in [-0.3, -0.25) is 9.36 Å². The molecule has 1 aromatic heterocycles. The Hall–Kier alpha value is -3.78. The van der Waals surface area contributed by atoms with Gasteiger partial charge in [0.1, 0.15) is 5.75 Å². The van der Waals surface area contributed by atoms with Gasteiger partial charge in [0.15, 0.2) is 11.0 Å². The maximum atomic E-state index is 13.1. The molecule has 2 heterocycles. The smallest absolute Gasteiger partial charge is 0.233 e. The van der Waals surface area contributed by atoms with E-state index in [-0.39, 0.29) is 5.91 Å². The van der Waals surface area contributed by atoms with Crippen LogP contribution < -0.4 is 9.64 Å². The first-order valence-electron chi connectivity index (χ1n) is 12.0. The summed E-state index contributed by atoms with van der Waals surface area (Å²) in [6.45, 7) is 5.21. The van der Waals surface area contributed by atoms with Crippen LogP contribution in [0.5, 0.6) is 5.75 Å². The Labute approximate surface area is 215 Å². The molecule has 0 unspecified atom stereocenters. The van der Waals surface area contributed by atoms with Gasteiger partial charge in [-0.25, -0.2) is 0 Å². The normalized spacial score (nSPS) is 13.6. The van der Waals surface area contributed by atoms with Crippen LogP contribution in [-0.4, -0.2) is 64.6 Å². The Morgan fingerprint density at radius 1 is 0.889 bits per heavy atom. The first kappa shape index (κ1) is 23.9. The summed E-state index contributed by atoms with van der Waals surface area (Å²) >= 11 is 1.43. The number of aryl methyl sites for hydroxylation is 1. The Balaban J connectivity index is 1.28. The lowest BCUT2D eigenvalue weighted by Crippen LogP contribution is -2.49. The number of anilines is 1. The standard InChI is InChI=1S/C28H29N5O2S/c1-21-7-6-10-24(19-21)31-15-17-32(18-16-31)26(34)20-36-28-30-29-27(22-11-13-25(35-2)14-12-22)33(28)23-8-4-3-5-9-23/h3-14,19H,15-18,20H2,1-2H3. The summed E-state index contributed by atoms with van der Waals surface area (Å²) in [5.74, 6) is 1.95. The third-order valence-corrected chi connectivity index (χ3v) is 7.23. The summed E-state index contributed by atoms with van der Waals surface area (Å²) in [7, 11) is 1.65. The van der Waals surface area contributed by atoms with E-state index in [1.807, 2.05) is 64.1 Å². The average molecular weight is 500 g/mol. The van der Waals surface area contributed by atoms with Gasteiger partial charge in [-0.2, -0.15) is 0 Å². The van der Waals surface area contributed by atoms with E-state index in [2.05, 4.69) is 46.3 Å². The first-order valence-corrected chi connectivity index (χ1v) is 13.0. The molecule has 1 amide bonds. The van der Waals surface area contributed by atoms with Crippen molar-refractivity contribution in [3.05, 3.63) is 84.4 Å². The summed E-state index contributed by atoms with van der Waals surface area (Å²) < 4.78 is 7.30. The van der Waals surface area contributed by atoms with Crippen LogP contribution in [0.25, 0.3) is 17.1 Å². The zero-order valence-corrected chi connectivity index (χ0v) is 21.3. The molecule has 5 rings (SSSR count). The summed E-state index contributed by atoms with van der Waals surface area (Å²) in [6.07, 6.45) is 0. The van der Waals surface area contributed by atoms with Crippen LogP contribution in [0.1, 0.15) is 5.56 Å². The summed E-state index contributed by atoms with van der Waals surface area (Å²) in [6, 6.07) is 26.3. The van der Waals surface area contributed by atoms with Gasteiger partial charge in [-0.15, -0.1) is 10.2 Å². The highest BCUT2D eigenvalue weighted by Crippen LogP contribution is 2.29. The fraction of sp³-hybridized carbons (Fsp3) is 0.250. The number of carbonyl (C=O) groups is 1. The van der Waals surface area contributed by atoms with E-state index >= 15 is 0 Å². The molecule has 0 bridgehead atoms. The van der Waals surface area contributed by atoms with Crippen molar-refractivity contribution in [1.29, 1.82) is 0 Å². The van der Waals surface area contributed by atoms with Crippen LogP contribution in [0.2, 0.25) is 0 Å². The lowest BCUT2D eigenvalue weighted by atomic mass is 10.2. The molecule has 0 saturated carbocycles. The number of rotatable bonds is 7. The molecule has 184 valence electrons. The summed E-state index contributed by atoms with van der Waals surface area (Å²) in [4.78, 5) is 17.4. The molecule has 0 N–H and O–H groups in total. The minimum absolute atomic E-state index is 0.123. The van der Waals surface area contributed by atoms with E-state index in [0.29, 0.717) is 10.9 Å². The quantitative estimate of drug-likeness (QED) is 0.344. The van der Waals surface area contributed by atoms with Crippen molar-refractivity contribution in [3.63, 3.8) is 0 Å². The van der Waals surface area contributed by atoms with Gasteiger partial charge in [0.05, 0.1) is 12.9 Å². The van der Waals surface area contributed by atoms with Gasteiger partial charge in [-0.05, 0) is 61.0 Å². The summed E-state index contributed by atoms with van der Waals surface area (Å²) in [5, 5.41) is 9.63. The third kappa shape index (κ3) is 5.23. The first-order chi connectivity index (χ1) is 17.6. The Kier molecular flexibility index (Phi) is 7.23. The number of carbonyl (C=O) groups excluding carboxylic acids is 1. The monoisotopic (exact) mass is 499 g/mol. The molecule has 1 saturated heterocycles. The van der Waals surface area contributed by atoms with Gasteiger partial charge in [0.25, 0.3) is 0 Å². The van der Waals surface area contributed by atoms with Gasteiger partial charge in [-0.1, -0.05) is 42.1 Å². The average Bonchev–Trinajstić information content (AvgIpc) is 3.36. The number of hydrogen-bond acceptors (Lipinski definition) is 6. The third-order valence-electron chi connectivity index (χ3n) is 6.32. The molecule has 0 atom stereocenters. The molecule has 1 aliphatic heterocycles. The van der Waals surface area contributed by atoms with Crippen LogP contribution in [0.15, 0.2) is 84.0 Å². The van der Waals surface area contributed by atoms with Crippen molar-refractivity contribution >= 4 is 23.4 Å². The topological polar surface area (TPSA) is 63.5 Å². The molecular weight excluding hydrogens is 470 g/mol. The molecule has 0 aliphatic carbocycles. The fourth-order valence-electron chi connectivity index (χ4n) is 4.36. The zero-order valence-electron chi connectivity index (χ0n) is 20.5. The van der Waals surface area contributed by atoms with E-state index < -0.39 is 0 Å². The van der Waals surface area contributed by atoms with E-state index in [0.717, 1.165) is 49.0 Å². The number of ether oxygens (including phenoxy) is 1.